The van der Waals surface area contributed by atoms with Crippen LogP contribution in [0.4, 0.5) is 0 Å². The molecular formula is C17H30O4. The fourth-order valence-electron chi connectivity index (χ4n) is 4.07. The lowest BCUT2D eigenvalue weighted by Crippen LogP contribution is -2.36. The molecular weight excluding hydrogens is 268 g/mol. The number of fused-ring (bicyclic) bond motifs is 3. The third-order valence-electron chi connectivity index (χ3n) is 5.46. The van der Waals surface area contributed by atoms with Crippen LogP contribution in [0.2, 0.25) is 0 Å². The minimum Gasteiger partial charge on any atom is -0.465 e. The van der Waals surface area contributed by atoms with Crippen molar-refractivity contribution in [1.29, 1.82) is 0 Å². The number of ether oxygens (including phenoxy) is 2. The summed E-state index contributed by atoms with van der Waals surface area (Å²) in [6.07, 6.45) is 4.47. The first kappa shape index (κ1) is 18.0. The van der Waals surface area contributed by atoms with E-state index in [1.807, 2.05) is 13.8 Å². The van der Waals surface area contributed by atoms with Gasteiger partial charge in [-0.05, 0) is 37.5 Å². The maximum atomic E-state index is 11.9. The highest BCUT2D eigenvalue weighted by Crippen LogP contribution is 2.60. The van der Waals surface area contributed by atoms with Gasteiger partial charge in [-0.3, -0.25) is 9.59 Å². The van der Waals surface area contributed by atoms with Crippen LogP contribution in [-0.4, -0.2) is 24.6 Å². The molecule has 0 amide bonds. The Morgan fingerprint density at radius 1 is 1.43 bits per heavy atom. The Labute approximate surface area is 128 Å². The molecule has 122 valence electrons. The maximum Gasteiger partial charge on any atom is 0.308 e. The lowest BCUT2D eigenvalue weighted by molar-refractivity contribution is -0.157. The normalized spacial score (nSPS) is 37.6. The van der Waals surface area contributed by atoms with E-state index < -0.39 is 0 Å². The molecule has 2 saturated carbocycles. The van der Waals surface area contributed by atoms with Gasteiger partial charge in [0, 0.05) is 5.41 Å². The molecule has 2 aliphatic carbocycles. The second kappa shape index (κ2) is 6.37. The summed E-state index contributed by atoms with van der Waals surface area (Å²) in [5.74, 6) is 0.809. The van der Waals surface area contributed by atoms with Crippen molar-refractivity contribution in [3.63, 3.8) is 0 Å². The number of carbonyl (C=O) groups excluding carboxylic acids is 2. The number of hydrogen-bond acceptors (Lipinski definition) is 4. The van der Waals surface area contributed by atoms with Crippen molar-refractivity contribution in [2.75, 3.05) is 6.61 Å². The first-order valence-corrected chi connectivity index (χ1v) is 7.40. The van der Waals surface area contributed by atoms with Gasteiger partial charge in [0.1, 0.15) is 6.10 Å². The summed E-state index contributed by atoms with van der Waals surface area (Å²) in [4.78, 5) is 23.2. The number of esters is 2. The Morgan fingerprint density at radius 2 is 2.14 bits per heavy atom. The van der Waals surface area contributed by atoms with E-state index in [2.05, 4.69) is 0 Å². The van der Waals surface area contributed by atoms with Gasteiger partial charge >= 0.3 is 11.9 Å². The average Bonchev–Trinajstić information content (AvgIpc) is 3.04. The highest BCUT2D eigenvalue weighted by molar-refractivity contribution is 5.73. The zero-order valence-electron chi connectivity index (χ0n) is 11.7. The molecule has 3 aliphatic rings. The summed E-state index contributed by atoms with van der Waals surface area (Å²) in [7, 11) is 0. The number of carbonyl (C=O) groups is 2. The molecule has 1 spiro atoms. The van der Waals surface area contributed by atoms with E-state index in [9.17, 15) is 9.59 Å². The Morgan fingerprint density at radius 3 is 2.62 bits per heavy atom. The fraction of sp³-hybridized carbons (Fsp3) is 0.882. The smallest absolute Gasteiger partial charge is 0.308 e. The summed E-state index contributed by atoms with van der Waals surface area (Å²) in [5, 5.41) is 0. The summed E-state index contributed by atoms with van der Waals surface area (Å²) < 4.78 is 10.8. The molecule has 1 saturated heterocycles. The maximum absolute atomic E-state index is 11.9. The Hall–Kier alpha value is -1.06. The SMILES string of the molecule is C.C.CCC(C)C(=O)OC1CC2CC1CC21COC(=O)C1. The van der Waals surface area contributed by atoms with Crippen LogP contribution in [0.1, 0.15) is 60.8 Å². The van der Waals surface area contributed by atoms with Gasteiger partial charge in [-0.15, -0.1) is 0 Å². The lowest BCUT2D eigenvalue weighted by Gasteiger charge is -2.34. The molecule has 0 radical (unpaired) electrons. The third kappa shape index (κ3) is 2.95. The first-order valence-electron chi connectivity index (χ1n) is 7.40. The van der Waals surface area contributed by atoms with E-state index in [4.69, 9.17) is 9.47 Å². The average molecular weight is 298 g/mol. The van der Waals surface area contributed by atoms with Crippen LogP contribution in [0.3, 0.4) is 0 Å². The lowest BCUT2D eigenvalue weighted by atomic mass is 9.72. The molecule has 4 heteroatoms. The molecule has 2 bridgehead atoms. The van der Waals surface area contributed by atoms with Crippen LogP contribution in [0, 0.1) is 23.2 Å². The van der Waals surface area contributed by atoms with Crippen molar-refractivity contribution in [2.45, 2.75) is 66.9 Å². The molecule has 5 atom stereocenters. The molecule has 0 N–H and O–H groups in total. The molecule has 3 rings (SSSR count). The van der Waals surface area contributed by atoms with E-state index >= 15 is 0 Å². The molecule has 1 aliphatic heterocycles. The van der Waals surface area contributed by atoms with Crippen molar-refractivity contribution in [3.8, 4) is 0 Å². The predicted octanol–water partition coefficient (Wildman–Crippen LogP) is 3.58. The Balaban J connectivity index is 0.00000110. The van der Waals surface area contributed by atoms with Gasteiger partial charge in [0.2, 0.25) is 0 Å². The van der Waals surface area contributed by atoms with Gasteiger partial charge in [-0.25, -0.2) is 0 Å². The zero-order valence-corrected chi connectivity index (χ0v) is 11.7. The Kier molecular flexibility index (Phi) is 5.46. The van der Waals surface area contributed by atoms with E-state index in [1.165, 1.54) is 0 Å². The second-order valence-electron chi connectivity index (χ2n) is 6.62. The van der Waals surface area contributed by atoms with E-state index in [0.29, 0.717) is 24.9 Å². The third-order valence-corrected chi connectivity index (χ3v) is 5.46. The monoisotopic (exact) mass is 298 g/mol. The van der Waals surface area contributed by atoms with Crippen LogP contribution >= 0.6 is 0 Å². The standard InChI is InChI=1S/C15H22O4.2CH4/c1-3-9(2)14(17)19-12-5-11-4-10(12)6-15(11)7-13(16)18-8-15;;/h9-12H,3-8H2,1-2H3;2*1H4. The highest BCUT2D eigenvalue weighted by atomic mass is 16.5. The van der Waals surface area contributed by atoms with Gasteiger partial charge in [0.05, 0.1) is 18.9 Å². The summed E-state index contributed by atoms with van der Waals surface area (Å²) >= 11 is 0. The van der Waals surface area contributed by atoms with E-state index in [0.717, 1.165) is 25.7 Å². The van der Waals surface area contributed by atoms with Gasteiger partial charge in [0.15, 0.2) is 0 Å². The minimum absolute atomic E-state index is 0. The predicted molar refractivity (Wildman–Crippen MR) is 81.6 cm³/mol. The van der Waals surface area contributed by atoms with E-state index in [-0.39, 0.29) is 44.2 Å². The summed E-state index contributed by atoms with van der Waals surface area (Å²) in [5.41, 5.74) is 0.0705. The topological polar surface area (TPSA) is 52.6 Å². The largest absolute Gasteiger partial charge is 0.465 e. The van der Waals surface area contributed by atoms with Crippen molar-refractivity contribution in [2.24, 2.45) is 23.2 Å². The quantitative estimate of drug-likeness (QED) is 0.747. The first-order chi connectivity index (χ1) is 9.04. The van der Waals surface area contributed by atoms with Gasteiger partial charge < -0.3 is 9.47 Å². The molecule has 1 heterocycles. The second-order valence-corrected chi connectivity index (χ2v) is 6.62. The summed E-state index contributed by atoms with van der Waals surface area (Å²) in [6, 6.07) is 0. The molecule has 0 aromatic rings. The summed E-state index contributed by atoms with van der Waals surface area (Å²) in [6.45, 7) is 4.50. The zero-order chi connectivity index (χ0) is 13.6. The van der Waals surface area contributed by atoms with Crippen molar-refractivity contribution in [3.05, 3.63) is 0 Å². The fourth-order valence-corrected chi connectivity index (χ4v) is 4.07. The van der Waals surface area contributed by atoms with Gasteiger partial charge in [-0.2, -0.15) is 0 Å². The van der Waals surface area contributed by atoms with Crippen LogP contribution in [0.25, 0.3) is 0 Å². The number of cyclic esters (lactones) is 1. The van der Waals surface area contributed by atoms with Gasteiger partial charge in [-0.1, -0.05) is 28.7 Å². The molecule has 4 nitrogen and oxygen atoms in total. The van der Waals surface area contributed by atoms with Crippen molar-refractivity contribution < 1.29 is 19.1 Å². The van der Waals surface area contributed by atoms with Crippen molar-refractivity contribution in [1.82, 2.24) is 0 Å². The molecule has 5 unspecified atom stereocenters. The van der Waals surface area contributed by atoms with Crippen LogP contribution in [0.5, 0.6) is 0 Å². The minimum atomic E-state index is -0.0622. The highest BCUT2D eigenvalue weighted by Gasteiger charge is 2.59. The van der Waals surface area contributed by atoms with Crippen LogP contribution in [-0.2, 0) is 19.1 Å². The number of rotatable bonds is 3. The van der Waals surface area contributed by atoms with Crippen LogP contribution < -0.4 is 0 Å². The molecule has 0 aromatic carbocycles. The van der Waals surface area contributed by atoms with Crippen molar-refractivity contribution >= 4 is 11.9 Å². The van der Waals surface area contributed by atoms with Gasteiger partial charge in [0.25, 0.3) is 0 Å². The molecule has 3 fully saturated rings. The van der Waals surface area contributed by atoms with Crippen LogP contribution in [0.15, 0.2) is 0 Å². The molecule has 21 heavy (non-hydrogen) atoms. The Bertz CT molecular complexity index is 406. The molecule has 0 aromatic heterocycles. The number of hydrogen-bond donors (Lipinski definition) is 0. The van der Waals surface area contributed by atoms with E-state index in [1.54, 1.807) is 0 Å².